The zero-order valence-electron chi connectivity index (χ0n) is 13.9. The Kier molecular flexibility index (Phi) is 4.91. The van der Waals surface area contributed by atoms with Gasteiger partial charge in [-0.15, -0.1) is 0 Å². The van der Waals surface area contributed by atoms with Gasteiger partial charge in [-0.05, 0) is 32.4 Å². The highest BCUT2D eigenvalue weighted by Crippen LogP contribution is 2.29. The van der Waals surface area contributed by atoms with E-state index in [1.165, 1.54) is 0 Å². The molecule has 130 valence electrons. The van der Waals surface area contributed by atoms with Gasteiger partial charge in [0.25, 0.3) is 0 Å². The van der Waals surface area contributed by atoms with Crippen LogP contribution in [0, 0.1) is 6.92 Å². The fourth-order valence-corrected chi connectivity index (χ4v) is 3.70. The monoisotopic (exact) mass is 351 g/mol. The minimum atomic E-state index is -0.870. The fourth-order valence-electron chi connectivity index (χ4n) is 3.47. The number of likely N-dealkylation sites (tertiary alicyclic amines) is 1. The Balaban J connectivity index is 1.73. The molecule has 1 aliphatic heterocycles. The number of carboxylic acids is 1. The van der Waals surface area contributed by atoms with Crippen molar-refractivity contribution in [2.75, 3.05) is 13.1 Å². The van der Waals surface area contributed by atoms with Crippen LogP contribution in [0.5, 0.6) is 0 Å². The summed E-state index contributed by atoms with van der Waals surface area (Å²) >= 11 is 6.35. The van der Waals surface area contributed by atoms with Crippen molar-refractivity contribution in [1.82, 2.24) is 24.5 Å². The number of rotatable bonds is 5. The summed E-state index contributed by atoms with van der Waals surface area (Å²) in [6.45, 7) is 4.53. The van der Waals surface area contributed by atoms with E-state index in [1.54, 1.807) is 15.6 Å². The first-order chi connectivity index (χ1) is 11.5. The number of hydrogen-bond donors (Lipinski definition) is 1. The quantitative estimate of drug-likeness (QED) is 0.892. The number of halogens is 1. The second-order valence-corrected chi connectivity index (χ2v) is 6.72. The number of piperidine rings is 1. The van der Waals surface area contributed by atoms with Gasteiger partial charge in [0.2, 0.25) is 0 Å². The Morgan fingerprint density at radius 3 is 2.96 bits per heavy atom. The summed E-state index contributed by atoms with van der Waals surface area (Å²) in [6, 6.07) is 1.93. The normalized spacial score (nSPS) is 18.9. The minimum absolute atomic E-state index is 0.0909. The lowest BCUT2D eigenvalue weighted by Gasteiger charge is -2.32. The molecular weight excluding hydrogens is 330 g/mol. The predicted octanol–water partition coefficient (Wildman–Crippen LogP) is 2.04. The lowest BCUT2D eigenvalue weighted by molar-refractivity contribution is -0.137. The van der Waals surface area contributed by atoms with E-state index in [2.05, 4.69) is 15.1 Å². The number of aromatic nitrogens is 4. The summed E-state index contributed by atoms with van der Waals surface area (Å²) in [5.74, 6) is -0.582. The molecule has 1 N–H and O–H groups in total. The zero-order chi connectivity index (χ0) is 17.3. The predicted molar refractivity (Wildman–Crippen MR) is 90.1 cm³/mol. The van der Waals surface area contributed by atoms with Crippen LogP contribution in [0.25, 0.3) is 0 Å². The minimum Gasteiger partial charge on any atom is -0.480 e. The van der Waals surface area contributed by atoms with E-state index in [9.17, 15) is 4.79 Å². The van der Waals surface area contributed by atoms with Crippen molar-refractivity contribution in [2.24, 2.45) is 7.05 Å². The Morgan fingerprint density at radius 2 is 2.29 bits per heavy atom. The third-order valence-corrected chi connectivity index (χ3v) is 5.08. The topological polar surface area (TPSA) is 76.2 Å². The Labute approximate surface area is 145 Å². The van der Waals surface area contributed by atoms with Gasteiger partial charge in [-0.3, -0.25) is 19.1 Å². The Morgan fingerprint density at radius 1 is 1.50 bits per heavy atom. The molecule has 0 bridgehead atoms. The summed E-state index contributed by atoms with van der Waals surface area (Å²) < 4.78 is 3.30. The van der Waals surface area contributed by atoms with Gasteiger partial charge in [-0.25, -0.2) is 0 Å². The van der Waals surface area contributed by atoms with Crippen molar-refractivity contribution in [3.63, 3.8) is 0 Å². The van der Waals surface area contributed by atoms with Gasteiger partial charge in [0.15, 0.2) is 0 Å². The van der Waals surface area contributed by atoms with Crippen LogP contribution in [-0.2, 0) is 24.9 Å². The highest BCUT2D eigenvalue weighted by Gasteiger charge is 2.26. The first kappa shape index (κ1) is 17.0. The van der Waals surface area contributed by atoms with Crippen molar-refractivity contribution in [3.05, 3.63) is 34.4 Å². The third-order valence-electron chi connectivity index (χ3n) is 4.61. The molecule has 24 heavy (non-hydrogen) atoms. The maximum atomic E-state index is 11.0. The number of aliphatic carboxylic acids is 1. The summed E-state index contributed by atoms with van der Waals surface area (Å²) in [4.78, 5) is 13.4. The second-order valence-electron chi connectivity index (χ2n) is 6.36. The van der Waals surface area contributed by atoms with Crippen LogP contribution < -0.4 is 0 Å². The van der Waals surface area contributed by atoms with E-state index in [4.69, 9.17) is 16.7 Å². The number of hydrogen-bond acceptors (Lipinski definition) is 4. The van der Waals surface area contributed by atoms with E-state index < -0.39 is 5.97 Å². The van der Waals surface area contributed by atoms with Gasteiger partial charge in [0.05, 0.1) is 5.69 Å². The average molecular weight is 352 g/mol. The van der Waals surface area contributed by atoms with E-state index >= 15 is 0 Å². The summed E-state index contributed by atoms with van der Waals surface area (Å²) in [7, 11) is 1.85. The van der Waals surface area contributed by atoms with E-state index in [1.807, 2.05) is 20.0 Å². The molecule has 2 aromatic rings. The van der Waals surface area contributed by atoms with E-state index in [0.717, 1.165) is 49.4 Å². The molecule has 2 aromatic heterocycles. The number of carboxylic acid groups (broad SMARTS) is 1. The van der Waals surface area contributed by atoms with Crippen LogP contribution in [0.1, 0.15) is 35.7 Å². The fraction of sp³-hybridized carbons (Fsp3) is 0.562. The smallest absolute Gasteiger partial charge is 0.325 e. The number of aryl methyl sites for hydroxylation is 2. The maximum absolute atomic E-state index is 11.0. The van der Waals surface area contributed by atoms with Gasteiger partial charge in [0.1, 0.15) is 11.7 Å². The van der Waals surface area contributed by atoms with E-state index in [0.29, 0.717) is 5.15 Å². The van der Waals surface area contributed by atoms with Gasteiger partial charge in [0, 0.05) is 43.5 Å². The summed E-state index contributed by atoms with van der Waals surface area (Å²) in [6.07, 6.45) is 3.79. The van der Waals surface area contributed by atoms with Gasteiger partial charge < -0.3 is 5.11 Å². The average Bonchev–Trinajstić information content (AvgIpc) is 3.07. The molecule has 1 aliphatic rings. The molecule has 7 nitrogen and oxygen atoms in total. The molecule has 3 heterocycles. The van der Waals surface area contributed by atoms with Crippen LogP contribution in [-0.4, -0.2) is 48.6 Å². The molecule has 3 rings (SSSR count). The van der Waals surface area contributed by atoms with Crippen molar-refractivity contribution in [2.45, 2.75) is 38.8 Å². The van der Waals surface area contributed by atoms with Gasteiger partial charge in [-0.1, -0.05) is 11.6 Å². The molecule has 1 fully saturated rings. The van der Waals surface area contributed by atoms with E-state index in [-0.39, 0.29) is 12.5 Å². The first-order valence-corrected chi connectivity index (χ1v) is 8.47. The summed E-state index contributed by atoms with van der Waals surface area (Å²) in [5.41, 5.74) is 3.02. The number of nitrogens with zero attached hydrogens (tertiary/aromatic N) is 5. The van der Waals surface area contributed by atoms with Crippen LogP contribution in [0.3, 0.4) is 0 Å². The lowest BCUT2D eigenvalue weighted by atomic mass is 9.94. The molecular formula is C16H22ClN5O2. The molecule has 0 amide bonds. The lowest BCUT2D eigenvalue weighted by Crippen LogP contribution is -2.35. The summed E-state index contributed by atoms with van der Waals surface area (Å²) in [5, 5.41) is 18.2. The molecule has 1 saturated heterocycles. The molecule has 0 aromatic carbocycles. The molecule has 0 aliphatic carbocycles. The SMILES string of the molecule is Cc1nn(C)c(Cl)c1CN1CCC[C@H](c2ccnn2CC(=O)O)C1. The third kappa shape index (κ3) is 3.47. The van der Waals surface area contributed by atoms with Crippen molar-refractivity contribution in [1.29, 1.82) is 0 Å². The van der Waals surface area contributed by atoms with Crippen LogP contribution in [0.4, 0.5) is 0 Å². The largest absolute Gasteiger partial charge is 0.480 e. The van der Waals surface area contributed by atoms with Crippen LogP contribution >= 0.6 is 11.6 Å². The zero-order valence-corrected chi connectivity index (χ0v) is 14.7. The highest BCUT2D eigenvalue weighted by atomic mass is 35.5. The number of carbonyl (C=O) groups is 1. The van der Waals surface area contributed by atoms with Crippen molar-refractivity contribution in [3.8, 4) is 0 Å². The van der Waals surface area contributed by atoms with Crippen LogP contribution in [0.2, 0.25) is 5.15 Å². The van der Waals surface area contributed by atoms with Gasteiger partial charge >= 0.3 is 5.97 Å². The van der Waals surface area contributed by atoms with Crippen molar-refractivity contribution >= 4 is 17.6 Å². The van der Waals surface area contributed by atoms with Gasteiger partial charge in [-0.2, -0.15) is 10.2 Å². The molecule has 0 unspecified atom stereocenters. The first-order valence-electron chi connectivity index (χ1n) is 8.09. The standard InChI is InChI=1S/C16H22ClN5O2/c1-11-13(16(17)20(2)19-11)9-21-7-3-4-12(8-21)14-5-6-18-22(14)10-15(23)24/h5-6,12H,3-4,7-10H2,1-2H3,(H,23,24)/t12-/m0/s1. The maximum Gasteiger partial charge on any atom is 0.325 e. The Hall–Kier alpha value is -1.86. The van der Waals surface area contributed by atoms with Crippen molar-refractivity contribution < 1.29 is 9.90 Å². The molecule has 0 saturated carbocycles. The second kappa shape index (κ2) is 6.94. The van der Waals surface area contributed by atoms with Crippen LogP contribution in [0.15, 0.2) is 12.3 Å². The molecule has 0 spiro atoms. The molecule has 8 heteroatoms. The molecule has 1 atom stereocenters. The molecule has 0 radical (unpaired) electrons. The Bertz CT molecular complexity index is 739. The highest BCUT2D eigenvalue weighted by molar-refractivity contribution is 6.30.